The van der Waals surface area contributed by atoms with Gasteiger partial charge in [0.05, 0.1) is 5.01 Å². The van der Waals surface area contributed by atoms with E-state index in [1.807, 2.05) is 55.6 Å². The SMILES string of the molecule is Cc1ccc(C)c(NC(=O)c2csc(Cc3ccccc3)n2)c1. The van der Waals surface area contributed by atoms with Crippen LogP contribution < -0.4 is 5.32 Å². The molecule has 3 rings (SSSR count). The number of nitrogens with one attached hydrogen (secondary N) is 1. The Labute approximate surface area is 140 Å². The van der Waals surface area contributed by atoms with Crippen molar-refractivity contribution in [2.24, 2.45) is 0 Å². The van der Waals surface area contributed by atoms with E-state index in [0.29, 0.717) is 5.69 Å². The van der Waals surface area contributed by atoms with Gasteiger partial charge in [-0.15, -0.1) is 11.3 Å². The van der Waals surface area contributed by atoms with Gasteiger partial charge in [0.15, 0.2) is 0 Å². The molecule has 3 nitrogen and oxygen atoms in total. The van der Waals surface area contributed by atoms with Crippen molar-refractivity contribution in [3.8, 4) is 0 Å². The fourth-order valence-corrected chi connectivity index (χ4v) is 3.13. The van der Waals surface area contributed by atoms with E-state index < -0.39 is 0 Å². The van der Waals surface area contributed by atoms with Crippen LogP contribution in [0.4, 0.5) is 5.69 Å². The molecule has 23 heavy (non-hydrogen) atoms. The first-order valence-corrected chi connectivity index (χ1v) is 8.37. The van der Waals surface area contributed by atoms with Crippen LogP contribution in [0.15, 0.2) is 53.9 Å². The fourth-order valence-electron chi connectivity index (χ4n) is 2.32. The molecule has 1 aromatic heterocycles. The molecule has 0 fully saturated rings. The maximum Gasteiger partial charge on any atom is 0.275 e. The lowest BCUT2D eigenvalue weighted by Gasteiger charge is -2.08. The molecular formula is C19H18N2OS. The first kappa shape index (κ1) is 15.4. The van der Waals surface area contributed by atoms with Gasteiger partial charge in [-0.2, -0.15) is 0 Å². The lowest BCUT2D eigenvalue weighted by molar-refractivity contribution is 0.102. The summed E-state index contributed by atoms with van der Waals surface area (Å²) in [7, 11) is 0. The Balaban J connectivity index is 1.72. The molecule has 116 valence electrons. The highest BCUT2D eigenvalue weighted by molar-refractivity contribution is 7.09. The summed E-state index contributed by atoms with van der Waals surface area (Å²) < 4.78 is 0. The Morgan fingerprint density at radius 1 is 1.13 bits per heavy atom. The molecule has 3 aromatic rings. The standard InChI is InChI=1S/C19H18N2OS/c1-13-8-9-14(2)16(10-13)21-19(22)17-12-23-18(20-17)11-15-6-4-3-5-7-15/h3-10,12H,11H2,1-2H3,(H,21,22). The molecule has 0 aliphatic carbocycles. The number of thiazole rings is 1. The van der Waals surface area contributed by atoms with Gasteiger partial charge in [-0.05, 0) is 36.6 Å². The minimum Gasteiger partial charge on any atom is -0.320 e. The monoisotopic (exact) mass is 322 g/mol. The maximum atomic E-state index is 12.4. The topological polar surface area (TPSA) is 42.0 Å². The summed E-state index contributed by atoms with van der Waals surface area (Å²) in [5, 5.41) is 5.71. The van der Waals surface area contributed by atoms with Gasteiger partial charge in [0.2, 0.25) is 0 Å². The molecule has 4 heteroatoms. The largest absolute Gasteiger partial charge is 0.320 e. The number of nitrogens with zero attached hydrogens (tertiary/aromatic N) is 1. The molecule has 0 aliphatic heterocycles. The molecule has 0 spiro atoms. The number of hydrogen-bond donors (Lipinski definition) is 1. The molecule has 0 atom stereocenters. The van der Waals surface area contributed by atoms with Crippen LogP contribution >= 0.6 is 11.3 Å². The van der Waals surface area contributed by atoms with Crippen LogP contribution in [0.25, 0.3) is 0 Å². The second kappa shape index (κ2) is 6.75. The molecule has 0 aliphatic rings. The molecule has 1 amide bonds. The van der Waals surface area contributed by atoms with Crippen molar-refractivity contribution < 1.29 is 4.79 Å². The van der Waals surface area contributed by atoms with Crippen LogP contribution in [-0.2, 0) is 6.42 Å². The van der Waals surface area contributed by atoms with Crippen LogP contribution in [-0.4, -0.2) is 10.9 Å². The van der Waals surface area contributed by atoms with Gasteiger partial charge in [-0.3, -0.25) is 4.79 Å². The molecule has 1 heterocycles. The minimum absolute atomic E-state index is 0.158. The van der Waals surface area contributed by atoms with Gasteiger partial charge in [-0.25, -0.2) is 4.98 Å². The summed E-state index contributed by atoms with van der Waals surface area (Å²) in [6.07, 6.45) is 0.752. The quantitative estimate of drug-likeness (QED) is 0.762. The Hall–Kier alpha value is -2.46. The lowest BCUT2D eigenvalue weighted by Crippen LogP contribution is -2.13. The number of amides is 1. The van der Waals surface area contributed by atoms with Gasteiger partial charge in [-0.1, -0.05) is 42.5 Å². The number of carbonyl (C=O) groups excluding carboxylic acids is 1. The van der Waals surface area contributed by atoms with Crippen molar-refractivity contribution in [2.45, 2.75) is 20.3 Å². The average Bonchev–Trinajstić information content (AvgIpc) is 3.00. The number of carbonyl (C=O) groups is 1. The fraction of sp³-hybridized carbons (Fsp3) is 0.158. The summed E-state index contributed by atoms with van der Waals surface area (Å²) in [6.45, 7) is 3.99. The zero-order valence-corrected chi connectivity index (χ0v) is 14.0. The number of hydrogen-bond acceptors (Lipinski definition) is 3. The normalized spacial score (nSPS) is 10.5. The van der Waals surface area contributed by atoms with E-state index in [0.717, 1.165) is 28.2 Å². The van der Waals surface area contributed by atoms with E-state index >= 15 is 0 Å². The highest BCUT2D eigenvalue weighted by Crippen LogP contribution is 2.19. The first-order valence-electron chi connectivity index (χ1n) is 7.49. The third-order valence-electron chi connectivity index (χ3n) is 3.62. The van der Waals surface area contributed by atoms with E-state index in [1.54, 1.807) is 0 Å². The zero-order valence-electron chi connectivity index (χ0n) is 13.2. The summed E-state index contributed by atoms with van der Waals surface area (Å²) in [4.78, 5) is 16.8. The van der Waals surface area contributed by atoms with Crippen LogP contribution in [0.3, 0.4) is 0 Å². The van der Waals surface area contributed by atoms with Gasteiger partial charge in [0.1, 0.15) is 5.69 Å². The Morgan fingerprint density at radius 2 is 1.91 bits per heavy atom. The molecule has 0 saturated heterocycles. The summed E-state index contributed by atoms with van der Waals surface area (Å²) in [5.41, 5.74) is 4.68. The Kier molecular flexibility index (Phi) is 4.53. The highest BCUT2D eigenvalue weighted by Gasteiger charge is 2.12. The Bertz CT molecular complexity index is 824. The molecule has 2 aromatic carbocycles. The maximum absolute atomic E-state index is 12.4. The summed E-state index contributed by atoms with van der Waals surface area (Å²) in [5.74, 6) is -0.158. The van der Waals surface area contributed by atoms with Crippen molar-refractivity contribution in [3.63, 3.8) is 0 Å². The number of aromatic nitrogens is 1. The zero-order chi connectivity index (χ0) is 16.2. The first-order chi connectivity index (χ1) is 11.1. The second-order valence-electron chi connectivity index (χ2n) is 5.56. The number of rotatable bonds is 4. The number of aryl methyl sites for hydroxylation is 2. The predicted octanol–water partition coefficient (Wildman–Crippen LogP) is 4.60. The van der Waals surface area contributed by atoms with Crippen molar-refractivity contribution >= 4 is 22.9 Å². The highest BCUT2D eigenvalue weighted by atomic mass is 32.1. The van der Waals surface area contributed by atoms with Crippen molar-refractivity contribution in [1.82, 2.24) is 4.98 Å². The smallest absolute Gasteiger partial charge is 0.275 e. The lowest BCUT2D eigenvalue weighted by atomic mass is 10.1. The summed E-state index contributed by atoms with van der Waals surface area (Å²) in [6, 6.07) is 16.2. The number of benzene rings is 2. The van der Waals surface area contributed by atoms with E-state index in [-0.39, 0.29) is 5.91 Å². The van der Waals surface area contributed by atoms with Crippen molar-refractivity contribution in [1.29, 1.82) is 0 Å². The third kappa shape index (κ3) is 3.85. The van der Waals surface area contributed by atoms with Crippen LogP contribution in [0.5, 0.6) is 0 Å². The predicted molar refractivity (Wildman–Crippen MR) is 95.2 cm³/mol. The van der Waals surface area contributed by atoms with E-state index in [9.17, 15) is 4.79 Å². The van der Waals surface area contributed by atoms with Crippen LogP contribution in [0.1, 0.15) is 32.2 Å². The number of anilines is 1. The molecular weight excluding hydrogens is 304 g/mol. The Morgan fingerprint density at radius 3 is 2.70 bits per heavy atom. The molecule has 0 saturated carbocycles. The molecule has 0 unspecified atom stereocenters. The second-order valence-corrected chi connectivity index (χ2v) is 6.50. The molecule has 0 radical (unpaired) electrons. The van der Waals surface area contributed by atoms with Crippen LogP contribution in [0.2, 0.25) is 0 Å². The van der Waals surface area contributed by atoms with E-state index in [4.69, 9.17) is 0 Å². The van der Waals surface area contributed by atoms with Gasteiger partial charge in [0.25, 0.3) is 5.91 Å². The van der Waals surface area contributed by atoms with Gasteiger partial charge in [0, 0.05) is 17.5 Å². The minimum atomic E-state index is -0.158. The van der Waals surface area contributed by atoms with E-state index in [1.165, 1.54) is 16.9 Å². The summed E-state index contributed by atoms with van der Waals surface area (Å²) >= 11 is 1.52. The molecule has 0 bridgehead atoms. The van der Waals surface area contributed by atoms with Crippen LogP contribution in [0, 0.1) is 13.8 Å². The van der Waals surface area contributed by atoms with Crippen molar-refractivity contribution in [3.05, 3.63) is 81.3 Å². The third-order valence-corrected chi connectivity index (χ3v) is 4.47. The van der Waals surface area contributed by atoms with Gasteiger partial charge >= 0.3 is 0 Å². The molecule has 1 N–H and O–H groups in total. The van der Waals surface area contributed by atoms with Gasteiger partial charge < -0.3 is 5.32 Å². The van der Waals surface area contributed by atoms with Crippen molar-refractivity contribution in [2.75, 3.05) is 5.32 Å². The van der Waals surface area contributed by atoms with E-state index in [2.05, 4.69) is 22.4 Å². The average molecular weight is 322 g/mol.